The molecule has 6 nitrogen and oxygen atoms in total. The van der Waals surface area contributed by atoms with Crippen molar-refractivity contribution in [3.63, 3.8) is 0 Å². The molecule has 1 fully saturated rings. The monoisotopic (exact) mass is 224 g/mol. The molecule has 3 N–H and O–H groups in total. The summed E-state index contributed by atoms with van der Waals surface area (Å²) in [5, 5.41) is 6.87. The summed E-state index contributed by atoms with van der Waals surface area (Å²) < 4.78 is 4.98. The van der Waals surface area contributed by atoms with E-state index in [1.807, 2.05) is 0 Å². The number of nitrogens with one attached hydrogen (secondary N) is 1. The predicted octanol–water partition coefficient (Wildman–Crippen LogP) is 0.834. The van der Waals surface area contributed by atoms with Crippen LogP contribution in [0.4, 0.5) is 6.01 Å². The van der Waals surface area contributed by atoms with E-state index in [2.05, 4.69) is 15.5 Å². The first-order valence-corrected chi connectivity index (χ1v) is 5.51. The molecule has 1 saturated carbocycles. The smallest absolute Gasteiger partial charge is 0.321 e. The van der Waals surface area contributed by atoms with Gasteiger partial charge in [0.2, 0.25) is 5.91 Å². The molecule has 1 heterocycles. The molecule has 1 aliphatic carbocycles. The van der Waals surface area contributed by atoms with Gasteiger partial charge in [-0.3, -0.25) is 4.79 Å². The van der Waals surface area contributed by atoms with Gasteiger partial charge in [-0.2, -0.15) is 4.98 Å². The van der Waals surface area contributed by atoms with Crippen molar-refractivity contribution in [1.29, 1.82) is 0 Å². The van der Waals surface area contributed by atoms with E-state index in [9.17, 15) is 4.79 Å². The van der Waals surface area contributed by atoms with Crippen molar-refractivity contribution in [2.75, 3.05) is 5.32 Å². The quantitative estimate of drug-likeness (QED) is 0.793. The predicted molar refractivity (Wildman–Crippen MR) is 57.6 cm³/mol. The average molecular weight is 224 g/mol. The van der Waals surface area contributed by atoms with Crippen molar-refractivity contribution in [3.8, 4) is 0 Å². The summed E-state index contributed by atoms with van der Waals surface area (Å²) in [5.41, 5.74) is 5.27. The van der Waals surface area contributed by atoms with Gasteiger partial charge in [0.1, 0.15) is 0 Å². The molecule has 0 aromatic carbocycles. The van der Waals surface area contributed by atoms with Gasteiger partial charge in [-0.15, -0.1) is 0 Å². The fourth-order valence-corrected chi connectivity index (χ4v) is 2.05. The van der Waals surface area contributed by atoms with Crippen molar-refractivity contribution < 1.29 is 9.32 Å². The fourth-order valence-electron chi connectivity index (χ4n) is 2.05. The maximum Gasteiger partial charge on any atom is 0.321 e. The minimum absolute atomic E-state index is 0.0301. The SMILES string of the molecule is Cc1noc(NC2CCC(C(N)=O)CC2)n1. The normalized spacial score (nSPS) is 25.3. The first-order chi connectivity index (χ1) is 7.65. The highest BCUT2D eigenvalue weighted by molar-refractivity contribution is 5.76. The molecule has 1 aromatic heterocycles. The number of hydrogen-bond donors (Lipinski definition) is 2. The number of amides is 1. The lowest BCUT2D eigenvalue weighted by atomic mass is 9.86. The van der Waals surface area contributed by atoms with Crippen LogP contribution in [0.5, 0.6) is 0 Å². The molecule has 1 amide bonds. The lowest BCUT2D eigenvalue weighted by Crippen LogP contribution is -2.32. The first kappa shape index (κ1) is 10.9. The maximum absolute atomic E-state index is 11.0. The van der Waals surface area contributed by atoms with Gasteiger partial charge in [0.25, 0.3) is 0 Å². The van der Waals surface area contributed by atoms with Crippen LogP contribution in [-0.2, 0) is 4.79 Å². The van der Waals surface area contributed by atoms with Crippen LogP contribution in [0.25, 0.3) is 0 Å². The maximum atomic E-state index is 11.0. The van der Waals surface area contributed by atoms with Gasteiger partial charge in [-0.25, -0.2) is 0 Å². The van der Waals surface area contributed by atoms with Gasteiger partial charge in [-0.05, 0) is 32.6 Å². The second kappa shape index (κ2) is 4.51. The average Bonchev–Trinajstić information content (AvgIpc) is 2.65. The van der Waals surface area contributed by atoms with Crippen LogP contribution in [0.15, 0.2) is 4.52 Å². The zero-order valence-electron chi connectivity index (χ0n) is 9.27. The van der Waals surface area contributed by atoms with Gasteiger partial charge >= 0.3 is 6.01 Å². The van der Waals surface area contributed by atoms with Crippen LogP contribution < -0.4 is 11.1 Å². The van der Waals surface area contributed by atoms with Crippen molar-refractivity contribution in [3.05, 3.63) is 5.82 Å². The van der Waals surface area contributed by atoms with Crippen LogP contribution in [0.2, 0.25) is 0 Å². The number of primary amides is 1. The number of aryl methyl sites for hydroxylation is 1. The molecule has 0 aliphatic heterocycles. The molecule has 1 aromatic rings. The molecule has 16 heavy (non-hydrogen) atoms. The van der Waals surface area contributed by atoms with E-state index in [1.54, 1.807) is 6.92 Å². The molecule has 0 spiro atoms. The summed E-state index contributed by atoms with van der Waals surface area (Å²) >= 11 is 0. The summed E-state index contributed by atoms with van der Waals surface area (Å²) in [6, 6.07) is 0.760. The third kappa shape index (κ3) is 2.50. The Labute approximate surface area is 93.6 Å². The van der Waals surface area contributed by atoms with Gasteiger partial charge in [0.15, 0.2) is 5.82 Å². The number of nitrogens with two attached hydrogens (primary N) is 1. The van der Waals surface area contributed by atoms with E-state index >= 15 is 0 Å². The standard InChI is InChI=1S/C10H16N4O2/c1-6-12-10(16-14-6)13-8-4-2-7(3-5-8)9(11)15/h7-8H,2-5H2,1H3,(H2,11,15)(H,12,13,14). The van der Waals surface area contributed by atoms with Crippen LogP contribution in [0.3, 0.4) is 0 Å². The Bertz CT molecular complexity index is 369. The molecule has 2 rings (SSSR count). The molecule has 6 heteroatoms. The van der Waals surface area contributed by atoms with E-state index in [-0.39, 0.29) is 11.8 Å². The summed E-state index contributed by atoms with van der Waals surface area (Å²) in [5.74, 6) is 0.461. The molecule has 0 bridgehead atoms. The number of anilines is 1. The second-order valence-corrected chi connectivity index (χ2v) is 4.24. The largest absolute Gasteiger partial charge is 0.369 e. The summed E-state index contributed by atoms with van der Waals surface area (Å²) in [6.45, 7) is 1.78. The number of aromatic nitrogens is 2. The Kier molecular flexibility index (Phi) is 3.07. The van der Waals surface area contributed by atoms with Crippen LogP contribution in [0.1, 0.15) is 31.5 Å². The van der Waals surface area contributed by atoms with Crippen molar-refractivity contribution in [2.45, 2.75) is 38.6 Å². The minimum Gasteiger partial charge on any atom is -0.369 e. The third-order valence-electron chi connectivity index (χ3n) is 2.98. The number of hydrogen-bond acceptors (Lipinski definition) is 5. The van der Waals surface area contributed by atoms with E-state index < -0.39 is 0 Å². The second-order valence-electron chi connectivity index (χ2n) is 4.24. The molecular weight excluding hydrogens is 208 g/mol. The van der Waals surface area contributed by atoms with E-state index in [0.717, 1.165) is 25.7 Å². The zero-order chi connectivity index (χ0) is 11.5. The summed E-state index contributed by atoms with van der Waals surface area (Å²) in [7, 11) is 0. The highest BCUT2D eigenvalue weighted by atomic mass is 16.5. The molecule has 88 valence electrons. The van der Waals surface area contributed by atoms with Crippen molar-refractivity contribution in [2.24, 2.45) is 11.7 Å². The van der Waals surface area contributed by atoms with E-state index in [1.165, 1.54) is 0 Å². The Morgan fingerprint density at radius 2 is 2.12 bits per heavy atom. The Morgan fingerprint density at radius 1 is 1.44 bits per heavy atom. The third-order valence-corrected chi connectivity index (χ3v) is 2.98. The number of carbonyl (C=O) groups excluding carboxylic acids is 1. The molecule has 1 aliphatic rings. The number of rotatable bonds is 3. The highest BCUT2D eigenvalue weighted by Crippen LogP contribution is 2.25. The Morgan fingerprint density at radius 3 is 2.62 bits per heavy atom. The van der Waals surface area contributed by atoms with E-state index in [0.29, 0.717) is 17.9 Å². The summed E-state index contributed by atoms with van der Waals surface area (Å²) in [4.78, 5) is 15.1. The molecule has 0 saturated heterocycles. The van der Waals surface area contributed by atoms with E-state index in [4.69, 9.17) is 10.3 Å². The van der Waals surface area contributed by atoms with Gasteiger partial charge < -0.3 is 15.6 Å². The Balaban J connectivity index is 1.83. The lowest BCUT2D eigenvalue weighted by Gasteiger charge is -2.26. The van der Waals surface area contributed by atoms with Crippen molar-refractivity contribution in [1.82, 2.24) is 10.1 Å². The van der Waals surface area contributed by atoms with Crippen LogP contribution in [0, 0.1) is 12.8 Å². The number of carbonyl (C=O) groups is 1. The first-order valence-electron chi connectivity index (χ1n) is 5.51. The van der Waals surface area contributed by atoms with Gasteiger partial charge in [-0.1, -0.05) is 5.16 Å². The topological polar surface area (TPSA) is 94.0 Å². The zero-order valence-corrected chi connectivity index (χ0v) is 9.27. The Hall–Kier alpha value is -1.59. The molecule has 0 unspecified atom stereocenters. The van der Waals surface area contributed by atoms with Crippen molar-refractivity contribution >= 4 is 11.9 Å². The van der Waals surface area contributed by atoms with Crippen LogP contribution in [-0.4, -0.2) is 22.1 Å². The summed E-state index contributed by atoms with van der Waals surface area (Å²) in [6.07, 6.45) is 3.49. The molecule has 0 atom stereocenters. The van der Waals surface area contributed by atoms with Gasteiger partial charge in [0.05, 0.1) is 0 Å². The van der Waals surface area contributed by atoms with Crippen LogP contribution >= 0.6 is 0 Å². The lowest BCUT2D eigenvalue weighted by molar-refractivity contribution is -0.122. The molecule has 0 radical (unpaired) electrons. The van der Waals surface area contributed by atoms with Gasteiger partial charge in [0, 0.05) is 12.0 Å². The minimum atomic E-state index is -0.188. The number of nitrogens with zero attached hydrogens (tertiary/aromatic N) is 2. The molecular formula is C10H16N4O2. The highest BCUT2D eigenvalue weighted by Gasteiger charge is 2.25. The fraction of sp³-hybridized carbons (Fsp3) is 0.700.